The molecule has 102 valence electrons. The number of nitrogens with zero attached hydrogens (tertiary/aromatic N) is 2. The molecule has 0 unspecified atom stereocenters. The van der Waals surface area contributed by atoms with Gasteiger partial charge in [0, 0.05) is 7.05 Å². The van der Waals surface area contributed by atoms with Crippen LogP contribution in [0.25, 0.3) is 0 Å². The maximum Gasteiger partial charge on any atom is 0.241 e. The van der Waals surface area contributed by atoms with Crippen LogP contribution in [0.5, 0.6) is 11.6 Å². The summed E-state index contributed by atoms with van der Waals surface area (Å²) in [5.41, 5.74) is 8.56. The van der Waals surface area contributed by atoms with Gasteiger partial charge in [-0.2, -0.15) is 5.10 Å². The summed E-state index contributed by atoms with van der Waals surface area (Å²) in [4.78, 5) is 0. The van der Waals surface area contributed by atoms with Crippen molar-refractivity contribution in [2.24, 2.45) is 7.05 Å². The Bertz CT molecular complexity index is 605. The predicted molar refractivity (Wildman–Crippen MR) is 78.0 cm³/mol. The molecule has 0 aliphatic rings. The van der Waals surface area contributed by atoms with E-state index in [1.165, 1.54) is 0 Å². The highest BCUT2D eigenvalue weighted by Crippen LogP contribution is 2.35. The lowest BCUT2D eigenvalue weighted by molar-refractivity contribution is 0.432. The molecule has 0 amide bonds. The third-order valence-corrected chi connectivity index (χ3v) is 3.19. The Balaban J connectivity index is 2.38. The Labute approximate surface area is 118 Å². The van der Waals surface area contributed by atoms with Crippen molar-refractivity contribution in [2.75, 3.05) is 5.73 Å². The number of nitrogen functional groups attached to an aromatic ring is 1. The molecule has 5 heteroatoms. The molecule has 2 aromatic rings. The molecular formula is C14H18ClN3O. The number of ether oxygens (including phenoxy) is 1. The van der Waals surface area contributed by atoms with Gasteiger partial charge in [-0.15, -0.1) is 0 Å². The van der Waals surface area contributed by atoms with Gasteiger partial charge in [0.15, 0.2) is 0 Å². The molecule has 4 nitrogen and oxygen atoms in total. The van der Waals surface area contributed by atoms with Gasteiger partial charge in [0.1, 0.15) is 11.4 Å². The summed E-state index contributed by atoms with van der Waals surface area (Å²) >= 11 is 6.16. The van der Waals surface area contributed by atoms with Gasteiger partial charge < -0.3 is 10.5 Å². The van der Waals surface area contributed by atoms with Gasteiger partial charge in [-0.1, -0.05) is 31.5 Å². The maximum atomic E-state index is 6.16. The van der Waals surface area contributed by atoms with Gasteiger partial charge >= 0.3 is 0 Å². The number of nitrogens with two attached hydrogens (primary N) is 1. The lowest BCUT2D eigenvalue weighted by atomic mass is 10.1. The first-order chi connectivity index (χ1) is 8.90. The van der Waals surface area contributed by atoms with Crippen LogP contribution >= 0.6 is 11.6 Å². The first kappa shape index (κ1) is 13.7. The lowest BCUT2D eigenvalue weighted by Gasteiger charge is -2.09. The summed E-state index contributed by atoms with van der Waals surface area (Å²) in [6, 6.07) is 5.63. The van der Waals surface area contributed by atoms with Crippen molar-refractivity contribution in [3.05, 3.63) is 34.5 Å². The van der Waals surface area contributed by atoms with Crippen molar-refractivity contribution in [3.8, 4) is 11.6 Å². The molecule has 1 aromatic carbocycles. The van der Waals surface area contributed by atoms with E-state index in [0.717, 1.165) is 11.3 Å². The van der Waals surface area contributed by atoms with Gasteiger partial charge in [0.05, 0.1) is 10.7 Å². The van der Waals surface area contributed by atoms with Crippen LogP contribution in [-0.4, -0.2) is 9.78 Å². The van der Waals surface area contributed by atoms with Crippen LogP contribution < -0.4 is 10.5 Å². The van der Waals surface area contributed by atoms with Crippen LogP contribution in [0.15, 0.2) is 18.2 Å². The number of rotatable bonds is 3. The summed E-state index contributed by atoms with van der Waals surface area (Å²) in [7, 11) is 1.81. The number of aromatic nitrogens is 2. The van der Waals surface area contributed by atoms with Crippen LogP contribution in [0.3, 0.4) is 0 Å². The van der Waals surface area contributed by atoms with Crippen molar-refractivity contribution >= 4 is 17.3 Å². The number of halogens is 1. The zero-order valence-corrected chi connectivity index (χ0v) is 12.3. The SMILES string of the molecule is Cc1ccc(Oc2c(N)c(C(C)C)nn2C)c(Cl)c1. The molecule has 19 heavy (non-hydrogen) atoms. The fraction of sp³-hybridized carbons (Fsp3) is 0.357. The number of aryl methyl sites for hydroxylation is 2. The molecular weight excluding hydrogens is 262 g/mol. The standard InChI is InChI=1S/C14H18ClN3O/c1-8(2)13-12(16)14(18(4)17-13)19-11-6-5-9(3)7-10(11)15/h5-8H,16H2,1-4H3. The van der Waals surface area contributed by atoms with Gasteiger partial charge in [0.2, 0.25) is 5.88 Å². The molecule has 0 aliphatic carbocycles. The van der Waals surface area contributed by atoms with Crippen LogP contribution in [0.4, 0.5) is 5.69 Å². The molecule has 0 aliphatic heterocycles. The van der Waals surface area contributed by atoms with E-state index in [1.54, 1.807) is 11.7 Å². The summed E-state index contributed by atoms with van der Waals surface area (Å²) in [6.45, 7) is 6.06. The number of benzene rings is 1. The lowest BCUT2D eigenvalue weighted by Crippen LogP contribution is -1.97. The van der Waals surface area contributed by atoms with Crippen LogP contribution in [-0.2, 0) is 7.05 Å². The van der Waals surface area contributed by atoms with E-state index < -0.39 is 0 Å². The van der Waals surface area contributed by atoms with E-state index in [0.29, 0.717) is 22.3 Å². The van der Waals surface area contributed by atoms with Crippen molar-refractivity contribution < 1.29 is 4.74 Å². The number of hydrogen-bond acceptors (Lipinski definition) is 3. The summed E-state index contributed by atoms with van der Waals surface area (Å²) in [5, 5.41) is 4.94. The molecule has 0 saturated heterocycles. The highest BCUT2D eigenvalue weighted by molar-refractivity contribution is 6.32. The number of anilines is 1. The maximum absolute atomic E-state index is 6.16. The average molecular weight is 280 g/mol. The zero-order valence-electron chi connectivity index (χ0n) is 11.6. The second-order valence-corrected chi connectivity index (χ2v) is 5.33. The smallest absolute Gasteiger partial charge is 0.241 e. The van der Waals surface area contributed by atoms with Crippen molar-refractivity contribution in [3.63, 3.8) is 0 Å². The van der Waals surface area contributed by atoms with Crippen molar-refractivity contribution in [1.82, 2.24) is 9.78 Å². The quantitative estimate of drug-likeness (QED) is 0.928. The highest BCUT2D eigenvalue weighted by atomic mass is 35.5. The van der Waals surface area contributed by atoms with Crippen LogP contribution in [0.2, 0.25) is 5.02 Å². The van der Waals surface area contributed by atoms with Crippen LogP contribution in [0, 0.1) is 6.92 Å². The van der Waals surface area contributed by atoms with Crippen molar-refractivity contribution in [2.45, 2.75) is 26.7 Å². The fourth-order valence-electron chi connectivity index (χ4n) is 1.89. The first-order valence-electron chi connectivity index (χ1n) is 6.16. The van der Waals surface area contributed by atoms with E-state index >= 15 is 0 Å². The highest BCUT2D eigenvalue weighted by Gasteiger charge is 2.18. The fourth-order valence-corrected chi connectivity index (χ4v) is 2.16. The van der Waals surface area contributed by atoms with Crippen LogP contribution in [0.1, 0.15) is 31.0 Å². The van der Waals surface area contributed by atoms with E-state index in [-0.39, 0.29) is 5.92 Å². The Morgan fingerprint density at radius 3 is 2.58 bits per heavy atom. The topological polar surface area (TPSA) is 53.1 Å². The minimum atomic E-state index is 0.247. The Morgan fingerprint density at radius 1 is 1.37 bits per heavy atom. The molecule has 1 aromatic heterocycles. The second-order valence-electron chi connectivity index (χ2n) is 4.92. The van der Waals surface area contributed by atoms with Gasteiger partial charge in [-0.05, 0) is 30.5 Å². The Hall–Kier alpha value is -1.68. The van der Waals surface area contributed by atoms with E-state index in [4.69, 9.17) is 22.1 Å². The second kappa shape index (κ2) is 5.13. The minimum Gasteiger partial charge on any atom is -0.436 e. The van der Waals surface area contributed by atoms with E-state index in [1.807, 2.05) is 39.0 Å². The Morgan fingerprint density at radius 2 is 2.05 bits per heavy atom. The summed E-state index contributed by atoms with van der Waals surface area (Å²) < 4.78 is 7.44. The molecule has 0 saturated carbocycles. The summed E-state index contributed by atoms with van der Waals surface area (Å²) in [6.07, 6.45) is 0. The monoisotopic (exact) mass is 279 g/mol. The third kappa shape index (κ3) is 2.68. The molecule has 2 rings (SSSR count). The van der Waals surface area contributed by atoms with Gasteiger partial charge in [-0.25, -0.2) is 4.68 Å². The molecule has 1 heterocycles. The Kier molecular flexibility index (Phi) is 3.71. The predicted octanol–water partition coefficient (Wildman–Crippen LogP) is 3.88. The average Bonchev–Trinajstić information content (AvgIpc) is 2.60. The van der Waals surface area contributed by atoms with Crippen molar-refractivity contribution in [1.29, 1.82) is 0 Å². The number of hydrogen-bond donors (Lipinski definition) is 1. The molecule has 2 N–H and O–H groups in total. The third-order valence-electron chi connectivity index (χ3n) is 2.90. The molecule has 0 spiro atoms. The molecule has 0 bridgehead atoms. The normalized spacial score (nSPS) is 11.1. The van der Waals surface area contributed by atoms with Gasteiger partial charge in [0.25, 0.3) is 0 Å². The van der Waals surface area contributed by atoms with E-state index in [2.05, 4.69) is 5.10 Å². The van der Waals surface area contributed by atoms with E-state index in [9.17, 15) is 0 Å². The molecule has 0 radical (unpaired) electrons. The molecule has 0 fully saturated rings. The largest absolute Gasteiger partial charge is 0.436 e. The summed E-state index contributed by atoms with van der Waals surface area (Å²) in [5.74, 6) is 1.35. The first-order valence-corrected chi connectivity index (χ1v) is 6.54. The molecule has 0 atom stereocenters. The zero-order chi connectivity index (χ0) is 14.2. The van der Waals surface area contributed by atoms with Gasteiger partial charge in [-0.3, -0.25) is 0 Å². The minimum absolute atomic E-state index is 0.247.